The third-order valence-corrected chi connectivity index (χ3v) is 4.24. The summed E-state index contributed by atoms with van der Waals surface area (Å²) in [5.41, 5.74) is 2.09. The van der Waals surface area contributed by atoms with Gasteiger partial charge in [-0.1, -0.05) is 13.8 Å². The van der Waals surface area contributed by atoms with Gasteiger partial charge in [-0.2, -0.15) is 5.10 Å². The minimum Gasteiger partial charge on any atom is -0.356 e. The van der Waals surface area contributed by atoms with Crippen molar-refractivity contribution in [1.29, 1.82) is 0 Å². The Morgan fingerprint density at radius 1 is 1.48 bits per heavy atom. The number of carbonyl (C=O) groups excluding carboxylic acids is 1. The third kappa shape index (κ3) is 3.07. The average molecular weight is 305 g/mol. The van der Waals surface area contributed by atoms with Gasteiger partial charge in [0.2, 0.25) is 5.91 Å². The summed E-state index contributed by atoms with van der Waals surface area (Å²) >= 11 is 1.57. The molecule has 2 aromatic rings. The number of nitrogens with zero attached hydrogens (tertiary/aromatic N) is 4. The van der Waals surface area contributed by atoms with Crippen LogP contribution >= 0.6 is 11.3 Å². The van der Waals surface area contributed by atoms with E-state index < -0.39 is 0 Å². The van der Waals surface area contributed by atoms with Crippen LogP contribution < -0.4 is 5.32 Å². The number of fused-ring (bicyclic) bond motifs is 1. The molecule has 2 aromatic heterocycles. The maximum Gasteiger partial charge on any atom is 0.225 e. The molecule has 7 heteroatoms. The summed E-state index contributed by atoms with van der Waals surface area (Å²) in [6, 6.07) is 2.07. The molecule has 1 aliphatic rings. The van der Waals surface area contributed by atoms with Gasteiger partial charge in [-0.3, -0.25) is 9.48 Å². The van der Waals surface area contributed by atoms with E-state index in [-0.39, 0.29) is 11.8 Å². The van der Waals surface area contributed by atoms with Crippen LogP contribution in [0.25, 0.3) is 0 Å². The minimum atomic E-state index is 0.0468. The monoisotopic (exact) mass is 305 g/mol. The predicted molar refractivity (Wildman–Crippen MR) is 81.9 cm³/mol. The Morgan fingerprint density at radius 2 is 2.33 bits per heavy atom. The van der Waals surface area contributed by atoms with Crippen LogP contribution in [-0.4, -0.2) is 32.1 Å². The van der Waals surface area contributed by atoms with Crippen molar-refractivity contribution in [3.8, 4) is 0 Å². The molecular formula is C14H19N5OS. The van der Waals surface area contributed by atoms with Crippen LogP contribution in [-0.2, 0) is 24.4 Å². The molecule has 1 aliphatic heterocycles. The molecule has 0 spiro atoms. The number of rotatable bonds is 4. The molecule has 1 amide bonds. The summed E-state index contributed by atoms with van der Waals surface area (Å²) in [7, 11) is 0. The van der Waals surface area contributed by atoms with Crippen LogP contribution in [0.3, 0.4) is 0 Å². The van der Waals surface area contributed by atoms with Gasteiger partial charge in [0, 0.05) is 24.0 Å². The van der Waals surface area contributed by atoms with Crippen molar-refractivity contribution >= 4 is 22.4 Å². The fourth-order valence-electron chi connectivity index (χ4n) is 2.44. The highest BCUT2D eigenvalue weighted by atomic mass is 32.1. The summed E-state index contributed by atoms with van der Waals surface area (Å²) in [5, 5.41) is 10.7. The van der Waals surface area contributed by atoms with Gasteiger partial charge in [0.05, 0.1) is 31.0 Å². The zero-order valence-electron chi connectivity index (χ0n) is 12.2. The van der Waals surface area contributed by atoms with Crippen molar-refractivity contribution in [2.45, 2.75) is 33.5 Å². The Bertz CT molecular complexity index is 619. The standard InChI is InChI=1S/C14H19N5OS/c1-10(2)13(20)18-4-5-19-12(9-18)7-11(17-19)8-16-14-15-3-6-21-14/h3,6-7,10H,4-5,8-9H2,1-2H3,(H,15,16). The fourth-order valence-corrected chi connectivity index (χ4v) is 2.97. The number of nitrogens with one attached hydrogen (secondary N) is 1. The van der Waals surface area contributed by atoms with Gasteiger partial charge in [-0.25, -0.2) is 4.98 Å². The number of anilines is 1. The second kappa shape index (κ2) is 5.85. The van der Waals surface area contributed by atoms with Crippen molar-refractivity contribution in [3.63, 3.8) is 0 Å². The molecule has 6 nitrogen and oxygen atoms in total. The van der Waals surface area contributed by atoms with Gasteiger partial charge in [0.15, 0.2) is 5.13 Å². The first-order chi connectivity index (χ1) is 10.1. The number of hydrogen-bond acceptors (Lipinski definition) is 5. The lowest BCUT2D eigenvalue weighted by Crippen LogP contribution is -2.40. The predicted octanol–water partition coefficient (Wildman–Crippen LogP) is 1.95. The molecule has 3 rings (SSSR count). The largest absolute Gasteiger partial charge is 0.356 e. The second-order valence-corrected chi connectivity index (χ2v) is 6.35. The summed E-state index contributed by atoms with van der Waals surface area (Å²) in [6.07, 6.45) is 1.78. The van der Waals surface area contributed by atoms with Gasteiger partial charge in [-0.05, 0) is 6.07 Å². The van der Waals surface area contributed by atoms with Crippen molar-refractivity contribution < 1.29 is 4.79 Å². The lowest BCUT2D eigenvalue weighted by atomic mass is 10.1. The lowest BCUT2D eigenvalue weighted by Gasteiger charge is -2.29. The molecule has 0 saturated carbocycles. The topological polar surface area (TPSA) is 63.1 Å². The molecule has 0 aromatic carbocycles. The van der Waals surface area contributed by atoms with Gasteiger partial charge in [0.25, 0.3) is 0 Å². The summed E-state index contributed by atoms with van der Waals surface area (Å²) in [6.45, 7) is 6.71. The van der Waals surface area contributed by atoms with Crippen molar-refractivity contribution in [2.24, 2.45) is 5.92 Å². The Morgan fingerprint density at radius 3 is 3.05 bits per heavy atom. The van der Waals surface area contributed by atoms with E-state index in [0.717, 1.165) is 29.6 Å². The van der Waals surface area contributed by atoms with E-state index in [9.17, 15) is 4.79 Å². The maximum atomic E-state index is 12.1. The van der Waals surface area contributed by atoms with Crippen molar-refractivity contribution in [3.05, 3.63) is 29.0 Å². The molecular weight excluding hydrogens is 286 g/mol. The van der Waals surface area contributed by atoms with Crippen LogP contribution in [0, 0.1) is 5.92 Å². The molecule has 0 radical (unpaired) electrons. The zero-order chi connectivity index (χ0) is 14.8. The number of carbonyl (C=O) groups is 1. The number of amides is 1. The first-order valence-corrected chi connectivity index (χ1v) is 7.99. The lowest BCUT2D eigenvalue weighted by molar-refractivity contribution is -0.136. The fraction of sp³-hybridized carbons (Fsp3) is 0.500. The number of thiazole rings is 1. The highest BCUT2D eigenvalue weighted by Gasteiger charge is 2.23. The Balaban J connectivity index is 1.65. The molecule has 0 fully saturated rings. The first kappa shape index (κ1) is 14.1. The molecule has 112 valence electrons. The summed E-state index contributed by atoms with van der Waals surface area (Å²) in [5.74, 6) is 0.260. The van der Waals surface area contributed by atoms with Crippen LogP contribution in [0.2, 0.25) is 0 Å². The molecule has 3 heterocycles. The number of aromatic nitrogens is 3. The van der Waals surface area contributed by atoms with E-state index in [1.807, 2.05) is 28.8 Å². The van der Waals surface area contributed by atoms with E-state index in [1.165, 1.54) is 0 Å². The molecule has 0 atom stereocenters. The SMILES string of the molecule is CC(C)C(=O)N1CCn2nc(CNc3nccs3)cc2C1. The molecule has 0 unspecified atom stereocenters. The van der Waals surface area contributed by atoms with E-state index in [0.29, 0.717) is 13.1 Å². The van der Waals surface area contributed by atoms with Crippen molar-refractivity contribution in [2.75, 3.05) is 11.9 Å². The van der Waals surface area contributed by atoms with Crippen LogP contribution in [0.5, 0.6) is 0 Å². The minimum absolute atomic E-state index is 0.0468. The first-order valence-electron chi connectivity index (χ1n) is 7.11. The van der Waals surface area contributed by atoms with E-state index in [4.69, 9.17) is 0 Å². The molecule has 0 bridgehead atoms. The normalized spacial score (nSPS) is 14.3. The average Bonchev–Trinajstić information content (AvgIpc) is 3.12. The Labute approximate surface area is 127 Å². The summed E-state index contributed by atoms with van der Waals surface area (Å²) in [4.78, 5) is 18.2. The quantitative estimate of drug-likeness (QED) is 0.938. The second-order valence-electron chi connectivity index (χ2n) is 5.46. The van der Waals surface area contributed by atoms with E-state index in [1.54, 1.807) is 17.5 Å². The Kier molecular flexibility index (Phi) is 3.92. The Hall–Kier alpha value is -1.89. The highest BCUT2D eigenvalue weighted by molar-refractivity contribution is 7.13. The van der Waals surface area contributed by atoms with Gasteiger partial charge < -0.3 is 10.2 Å². The van der Waals surface area contributed by atoms with E-state index in [2.05, 4.69) is 21.5 Å². The van der Waals surface area contributed by atoms with Gasteiger partial charge in [0.1, 0.15) is 0 Å². The van der Waals surface area contributed by atoms with Crippen LogP contribution in [0.15, 0.2) is 17.6 Å². The third-order valence-electron chi connectivity index (χ3n) is 3.51. The molecule has 21 heavy (non-hydrogen) atoms. The van der Waals surface area contributed by atoms with Gasteiger partial charge in [-0.15, -0.1) is 11.3 Å². The number of hydrogen-bond donors (Lipinski definition) is 1. The smallest absolute Gasteiger partial charge is 0.225 e. The van der Waals surface area contributed by atoms with E-state index >= 15 is 0 Å². The van der Waals surface area contributed by atoms with Crippen molar-refractivity contribution in [1.82, 2.24) is 19.7 Å². The maximum absolute atomic E-state index is 12.1. The highest BCUT2D eigenvalue weighted by Crippen LogP contribution is 2.17. The molecule has 0 saturated heterocycles. The van der Waals surface area contributed by atoms with Crippen LogP contribution in [0.1, 0.15) is 25.2 Å². The zero-order valence-corrected chi connectivity index (χ0v) is 13.1. The van der Waals surface area contributed by atoms with Gasteiger partial charge >= 0.3 is 0 Å². The molecule has 1 N–H and O–H groups in total. The molecule has 0 aliphatic carbocycles. The van der Waals surface area contributed by atoms with Crippen LogP contribution in [0.4, 0.5) is 5.13 Å². The summed E-state index contributed by atoms with van der Waals surface area (Å²) < 4.78 is 2.00.